The average Bonchev–Trinajstić information content (AvgIpc) is 2.50. The lowest BCUT2D eigenvalue weighted by Gasteiger charge is -2.10. The number of hydrogen-bond acceptors (Lipinski definition) is 5. The van der Waals surface area contributed by atoms with Crippen LogP contribution in [0.25, 0.3) is 11.3 Å². The standard InChI is InChI=1S/C15H8N2O4/c18-13-7-8-14(19)15-10(13)5-6-11(16-15)9-3-1-2-4-12(9)17(20)21/h1-8H. The number of nitrogens with zero attached hydrogens (tertiary/aromatic N) is 2. The highest BCUT2D eigenvalue weighted by atomic mass is 16.6. The summed E-state index contributed by atoms with van der Waals surface area (Å²) in [6, 6.07) is 9.10. The molecule has 1 aromatic carbocycles. The van der Waals surface area contributed by atoms with E-state index < -0.39 is 4.92 Å². The van der Waals surface area contributed by atoms with Crippen LogP contribution >= 0.6 is 0 Å². The lowest BCUT2D eigenvalue weighted by Crippen LogP contribution is -2.14. The monoisotopic (exact) mass is 280 g/mol. The Hall–Kier alpha value is -3.15. The van der Waals surface area contributed by atoms with Crippen LogP contribution < -0.4 is 0 Å². The molecule has 0 fully saturated rings. The molecule has 6 nitrogen and oxygen atoms in total. The van der Waals surface area contributed by atoms with Crippen molar-refractivity contribution in [2.45, 2.75) is 0 Å². The van der Waals surface area contributed by atoms with Gasteiger partial charge >= 0.3 is 0 Å². The van der Waals surface area contributed by atoms with Crippen molar-refractivity contribution in [2.75, 3.05) is 0 Å². The number of hydrogen-bond donors (Lipinski definition) is 0. The minimum absolute atomic E-state index is 0.0261. The molecule has 1 aliphatic carbocycles. The molecular formula is C15H8N2O4. The number of allylic oxidation sites excluding steroid dienone is 2. The molecule has 1 aliphatic rings. The fraction of sp³-hybridized carbons (Fsp3) is 0. The Balaban J connectivity index is 2.19. The molecule has 0 amide bonds. The molecule has 0 radical (unpaired) electrons. The third-order valence-electron chi connectivity index (χ3n) is 3.16. The zero-order valence-electron chi connectivity index (χ0n) is 10.6. The summed E-state index contributed by atoms with van der Waals surface area (Å²) in [5.41, 5.74) is 0.732. The maximum atomic E-state index is 11.8. The summed E-state index contributed by atoms with van der Waals surface area (Å²) in [4.78, 5) is 38.1. The van der Waals surface area contributed by atoms with Gasteiger partial charge in [-0.3, -0.25) is 19.7 Å². The number of ketones is 2. The number of pyridine rings is 1. The zero-order valence-corrected chi connectivity index (χ0v) is 10.6. The Kier molecular flexibility index (Phi) is 2.91. The van der Waals surface area contributed by atoms with Gasteiger partial charge in [0.1, 0.15) is 5.69 Å². The van der Waals surface area contributed by atoms with Crippen LogP contribution in [0.5, 0.6) is 0 Å². The Morgan fingerprint density at radius 2 is 1.62 bits per heavy atom. The number of para-hydroxylation sites is 1. The predicted octanol–water partition coefficient (Wildman–Crippen LogP) is 2.59. The third-order valence-corrected chi connectivity index (χ3v) is 3.16. The number of nitro benzene ring substituents is 1. The van der Waals surface area contributed by atoms with Gasteiger partial charge in [-0.1, -0.05) is 12.1 Å². The summed E-state index contributed by atoms with van der Waals surface area (Å²) in [6.07, 6.45) is 2.35. The molecule has 0 saturated carbocycles. The van der Waals surface area contributed by atoms with Crippen LogP contribution in [0.1, 0.15) is 20.8 Å². The topological polar surface area (TPSA) is 90.2 Å². The maximum Gasteiger partial charge on any atom is 0.278 e. The molecule has 0 unspecified atom stereocenters. The Morgan fingerprint density at radius 3 is 2.38 bits per heavy atom. The van der Waals surface area contributed by atoms with Gasteiger partial charge in [-0.25, -0.2) is 4.98 Å². The van der Waals surface area contributed by atoms with E-state index in [1.54, 1.807) is 18.2 Å². The number of nitro groups is 1. The summed E-state index contributed by atoms with van der Waals surface area (Å²) in [7, 11) is 0. The van der Waals surface area contributed by atoms with E-state index in [1.165, 1.54) is 24.3 Å². The molecule has 0 atom stereocenters. The first-order valence-electron chi connectivity index (χ1n) is 6.09. The normalized spacial score (nSPS) is 13.1. The zero-order chi connectivity index (χ0) is 15.0. The molecule has 0 spiro atoms. The van der Waals surface area contributed by atoms with E-state index in [4.69, 9.17) is 0 Å². The van der Waals surface area contributed by atoms with Crippen LogP contribution in [0, 0.1) is 10.1 Å². The smallest absolute Gasteiger partial charge is 0.278 e. The highest BCUT2D eigenvalue weighted by Crippen LogP contribution is 2.29. The van der Waals surface area contributed by atoms with E-state index in [1.807, 2.05) is 0 Å². The number of carbonyl (C=O) groups excluding carboxylic acids is 2. The lowest BCUT2D eigenvalue weighted by atomic mass is 9.98. The summed E-state index contributed by atoms with van der Waals surface area (Å²) in [5.74, 6) is -0.684. The van der Waals surface area contributed by atoms with Gasteiger partial charge in [0.25, 0.3) is 5.69 Å². The number of carbonyl (C=O) groups is 2. The highest BCUT2D eigenvalue weighted by Gasteiger charge is 2.23. The van der Waals surface area contributed by atoms with Gasteiger partial charge in [0.2, 0.25) is 5.78 Å². The molecule has 0 bridgehead atoms. The Bertz CT molecular complexity index is 824. The average molecular weight is 280 g/mol. The van der Waals surface area contributed by atoms with E-state index in [9.17, 15) is 19.7 Å². The van der Waals surface area contributed by atoms with Gasteiger partial charge < -0.3 is 0 Å². The van der Waals surface area contributed by atoms with Gasteiger partial charge in [-0.05, 0) is 30.4 Å². The number of fused-ring (bicyclic) bond motifs is 1. The fourth-order valence-corrected chi connectivity index (χ4v) is 2.17. The van der Waals surface area contributed by atoms with Crippen LogP contribution in [0.15, 0.2) is 48.6 Å². The number of benzene rings is 1. The van der Waals surface area contributed by atoms with Crippen LogP contribution in [-0.2, 0) is 0 Å². The van der Waals surface area contributed by atoms with Gasteiger partial charge in [0.15, 0.2) is 5.78 Å². The van der Waals surface area contributed by atoms with E-state index >= 15 is 0 Å². The van der Waals surface area contributed by atoms with Crippen LogP contribution in [0.2, 0.25) is 0 Å². The molecule has 0 N–H and O–H groups in total. The van der Waals surface area contributed by atoms with Crippen molar-refractivity contribution >= 4 is 17.3 Å². The molecule has 3 rings (SSSR count). The van der Waals surface area contributed by atoms with Gasteiger partial charge in [0.05, 0.1) is 21.7 Å². The molecule has 2 aromatic rings. The summed E-state index contributed by atoms with van der Waals surface area (Å²) < 4.78 is 0. The quantitative estimate of drug-likeness (QED) is 0.623. The fourth-order valence-electron chi connectivity index (χ4n) is 2.17. The van der Waals surface area contributed by atoms with Gasteiger partial charge in [-0.2, -0.15) is 0 Å². The largest absolute Gasteiger partial charge is 0.289 e. The highest BCUT2D eigenvalue weighted by molar-refractivity contribution is 6.21. The first-order valence-corrected chi connectivity index (χ1v) is 6.09. The van der Waals surface area contributed by atoms with Crippen molar-refractivity contribution in [3.05, 3.63) is 69.9 Å². The molecule has 0 aliphatic heterocycles. The maximum absolute atomic E-state index is 11.8. The van der Waals surface area contributed by atoms with Crippen molar-refractivity contribution in [1.29, 1.82) is 0 Å². The van der Waals surface area contributed by atoms with Gasteiger partial charge in [0, 0.05) is 6.07 Å². The van der Waals surface area contributed by atoms with Crippen molar-refractivity contribution in [3.63, 3.8) is 0 Å². The first-order chi connectivity index (χ1) is 10.1. The molecule has 1 heterocycles. The van der Waals surface area contributed by atoms with Crippen molar-refractivity contribution in [1.82, 2.24) is 4.98 Å². The Morgan fingerprint density at radius 1 is 0.905 bits per heavy atom. The van der Waals surface area contributed by atoms with Crippen LogP contribution in [0.4, 0.5) is 5.69 Å². The SMILES string of the molecule is O=C1C=CC(=O)c2nc(-c3ccccc3[N+](=O)[O-])ccc21. The molecule has 6 heteroatoms. The van der Waals surface area contributed by atoms with Gasteiger partial charge in [-0.15, -0.1) is 0 Å². The second-order valence-electron chi connectivity index (χ2n) is 4.43. The van der Waals surface area contributed by atoms with E-state index in [2.05, 4.69) is 4.98 Å². The van der Waals surface area contributed by atoms with E-state index in [0.29, 0.717) is 5.56 Å². The molecule has 1 aromatic heterocycles. The molecule has 102 valence electrons. The third kappa shape index (κ3) is 2.12. The lowest BCUT2D eigenvalue weighted by molar-refractivity contribution is -0.384. The van der Waals surface area contributed by atoms with Crippen LogP contribution in [0.3, 0.4) is 0 Å². The number of aromatic nitrogens is 1. The second kappa shape index (κ2) is 4.75. The summed E-state index contributed by atoms with van der Waals surface area (Å²) in [5, 5.41) is 11.0. The Labute approximate surface area is 118 Å². The van der Waals surface area contributed by atoms with Crippen LogP contribution in [-0.4, -0.2) is 21.5 Å². The summed E-state index contributed by atoms with van der Waals surface area (Å²) in [6.45, 7) is 0. The molecule has 21 heavy (non-hydrogen) atoms. The minimum Gasteiger partial charge on any atom is -0.289 e. The minimum atomic E-state index is -0.511. The van der Waals surface area contributed by atoms with Crippen molar-refractivity contribution < 1.29 is 14.5 Å². The number of rotatable bonds is 2. The predicted molar refractivity (Wildman–Crippen MR) is 74.1 cm³/mol. The van der Waals surface area contributed by atoms with E-state index in [-0.39, 0.29) is 34.2 Å². The van der Waals surface area contributed by atoms with Crippen molar-refractivity contribution in [2.24, 2.45) is 0 Å². The van der Waals surface area contributed by atoms with E-state index in [0.717, 1.165) is 6.08 Å². The van der Waals surface area contributed by atoms with Crippen molar-refractivity contribution in [3.8, 4) is 11.3 Å². The second-order valence-corrected chi connectivity index (χ2v) is 4.43. The molecular weight excluding hydrogens is 272 g/mol. The molecule has 0 saturated heterocycles. The first kappa shape index (κ1) is 12.9. The summed E-state index contributed by atoms with van der Waals surface area (Å²) >= 11 is 0.